The van der Waals surface area contributed by atoms with Crippen molar-refractivity contribution in [3.8, 4) is 5.75 Å². The van der Waals surface area contributed by atoms with Gasteiger partial charge in [0, 0.05) is 18.7 Å². The lowest BCUT2D eigenvalue weighted by Crippen LogP contribution is -2.31. The normalized spacial score (nSPS) is 17.7. The van der Waals surface area contributed by atoms with E-state index in [1.807, 2.05) is 20.8 Å². The predicted molar refractivity (Wildman–Crippen MR) is 123 cm³/mol. The number of carbonyl (C=O) groups is 2. The van der Waals surface area contributed by atoms with Crippen molar-refractivity contribution in [2.45, 2.75) is 45.8 Å². The Labute approximate surface area is 193 Å². The van der Waals surface area contributed by atoms with E-state index in [9.17, 15) is 19.1 Å². The van der Waals surface area contributed by atoms with Crippen molar-refractivity contribution in [3.63, 3.8) is 0 Å². The van der Waals surface area contributed by atoms with Gasteiger partial charge in [-0.05, 0) is 68.7 Å². The number of likely N-dealkylation sites (tertiary alicyclic amines) is 1. The minimum absolute atomic E-state index is 0.0152. The molecule has 1 heterocycles. The molecule has 1 N–H and O–H groups in total. The maximum Gasteiger partial charge on any atom is 0.295 e. The SMILES string of the molecule is CCCOc1ccc(/C(O)=C2/C(=O)C(=O)N(CCCOC(C)C)C2c2ccc(F)cc2)cc1. The zero-order chi connectivity index (χ0) is 24.0. The number of ether oxygens (including phenoxy) is 2. The highest BCUT2D eigenvalue weighted by Gasteiger charge is 2.45. The molecule has 7 heteroatoms. The average molecular weight is 456 g/mol. The van der Waals surface area contributed by atoms with Crippen LogP contribution in [-0.4, -0.2) is 47.6 Å². The molecular weight excluding hydrogens is 425 g/mol. The summed E-state index contributed by atoms with van der Waals surface area (Å²) in [6.45, 7) is 7.10. The zero-order valence-corrected chi connectivity index (χ0v) is 19.2. The third kappa shape index (κ3) is 5.79. The minimum atomic E-state index is -0.819. The number of hydrogen-bond donors (Lipinski definition) is 1. The molecule has 6 nitrogen and oxygen atoms in total. The van der Waals surface area contributed by atoms with Gasteiger partial charge in [0.2, 0.25) is 0 Å². The lowest BCUT2D eigenvalue weighted by atomic mass is 9.95. The van der Waals surface area contributed by atoms with Gasteiger partial charge in [-0.1, -0.05) is 19.1 Å². The van der Waals surface area contributed by atoms with E-state index < -0.39 is 23.5 Å². The van der Waals surface area contributed by atoms with E-state index in [-0.39, 0.29) is 24.0 Å². The van der Waals surface area contributed by atoms with Crippen molar-refractivity contribution in [1.29, 1.82) is 0 Å². The summed E-state index contributed by atoms with van der Waals surface area (Å²) in [5.74, 6) is -1.51. The van der Waals surface area contributed by atoms with Crippen LogP contribution in [0, 0.1) is 5.82 Å². The smallest absolute Gasteiger partial charge is 0.295 e. The molecule has 1 saturated heterocycles. The molecule has 1 aliphatic rings. The molecular formula is C26H30FNO5. The number of ketones is 1. The molecule has 0 spiro atoms. The average Bonchev–Trinajstić information content (AvgIpc) is 3.05. The van der Waals surface area contributed by atoms with Gasteiger partial charge in [-0.2, -0.15) is 0 Å². The molecule has 0 bridgehead atoms. The van der Waals surface area contributed by atoms with Gasteiger partial charge in [-0.15, -0.1) is 0 Å². The lowest BCUT2D eigenvalue weighted by molar-refractivity contribution is -0.140. The second kappa shape index (κ2) is 11.1. The van der Waals surface area contributed by atoms with E-state index >= 15 is 0 Å². The first-order valence-electron chi connectivity index (χ1n) is 11.2. The van der Waals surface area contributed by atoms with Crippen molar-refractivity contribution in [1.82, 2.24) is 4.90 Å². The van der Waals surface area contributed by atoms with Crippen LogP contribution in [-0.2, 0) is 14.3 Å². The fourth-order valence-corrected chi connectivity index (χ4v) is 3.74. The number of Topliss-reactive ketones (excluding diaryl/α,β-unsaturated/α-hetero) is 1. The van der Waals surface area contributed by atoms with Gasteiger partial charge < -0.3 is 19.5 Å². The zero-order valence-electron chi connectivity index (χ0n) is 19.2. The number of carbonyl (C=O) groups excluding carboxylic acids is 2. The maximum absolute atomic E-state index is 13.6. The number of hydrogen-bond acceptors (Lipinski definition) is 5. The number of halogens is 1. The summed E-state index contributed by atoms with van der Waals surface area (Å²) in [5.41, 5.74) is 0.926. The molecule has 0 aliphatic carbocycles. The van der Waals surface area contributed by atoms with Crippen LogP contribution >= 0.6 is 0 Å². The summed E-state index contributed by atoms with van der Waals surface area (Å²) < 4.78 is 24.7. The maximum atomic E-state index is 13.6. The Hall–Kier alpha value is -3.19. The predicted octanol–water partition coefficient (Wildman–Crippen LogP) is 4.85. The van der Waals surface area contributed by atoms with Crippen molar-refractivity contribution in [3.05, 3.63) is 71.0 Å². The third-order valence-corrected chi connectivity index (χ3v) is 5.32. The van der Waals surface area contributed by atoms with Crippen LogP contribution in [0.1, 0.15) is 50.8 Å². The van der Waals surface area contributed by atoms with Gasteiger partial charge in [-0.3, -0.25) is 9.59 Å². The number of rotatable bonds is 10. The van der Waals surface area contributed by atoms with E-state index in [1.165, 1.54) is 29.2 Å². The van der Waals surface area contributed by atoms with Gasteiger partial charge in [-0.25, -0.2) is 4.39 Å². The molecule has 0 aromatic heterocycles. The molecule has 1 unspecified atom stereocenters. The molecule has 176 valence electrons. The molecule has 1 aliphatic heterocycles. The molecule has 33 heavy (non-hydrogen) atoms. The summed E-state index contributed by atoms with van der Waals surface area (Å²) in [5, 5.41) is 11.1. The van der Waals surface area contributed by atoms with Crippen LogP contribution in [0.5, 0.6) is 5.75 Å². The van der Waals surface area contributed by atoms with E-state index in [2.05, 4.69) is 0 Å². The Balaban J connectivity index is 1.97. The fraction of sp³-hybridized carbons (Fsp3) is 0.385. The molecule has 1 atom stereocenters. The summed E-state index contributed by atoms with van der Waals surface area (Å²) in [6, 6.07) is 11.5. The van der Waals surface area contributed by atoms with Crippen LogP contribution in [0.15, 0.2) is 54.1 Å². The fourth-order valence-electron chi connectivity index (χ4n) is 3.74. The molecule has 1 fully saturated rings. The van der Waals surface area contributed by atoms with E-state index in [0.717, 1.165) is 6.42 Å². The molecule has 1 amide bonds. The van der Waals surface area contributed by atoms with Crippen LogP contribution < -0.4 is 4.74 Å². The molecule has 2 aromatic rings. The van der Waals surface area contributed by atoms with Gasteiger partial charge in [0.05, 0.1) is 24.3 Å². The Kier molecular flexibility index (Phi) is 8.22. The van der Waals surface area contributed by atoms with E-state index in [4.69, 9.17) is 9.47 Å². The van der Waals surface area contributed by atoms with Crippen LogP contribution in [0.25, 0.3) is 5.76 Å². The number of aliphatic hydroxyl groups is 1. The summed E-state index contributed by atoms with van der Waals surface area (Å²) in [7, 11) is 0. The first-order chi connectivity index (χ1) is 15.8. The Morgan fingerprint density at radius 1 is 1.06 bits per heavy atom. The van der Waals surface area contributed by atoms with Gasteiger partial charge in [0.15, 0.2) is 0 Å². The number of nitrogens with zero attached hydrogens (tertiary/aromatic N) is 1. The second-order valence-electron chi connectivity index (χ2n) is 8.19. The van der Waals surface area contributed by atoms with Gasteiger partial charge >= 0.3 is 0 Å². The summed E-state index contributed by atoms with van der Waals surface area (Å²) >= 11 is 0. The quantitative estimate of drug-likeness (QED) is 0.240. The summed E-state index contributed by atoms with van der Waals surface area (Å²) in [4.78, 5) is 27.3. The van der Waals surface area contributed by atoms with E-state index in [0.29, 0.717) is 36.5 Å². The monoisotopic (exact) mass is 455 g/mol. The highest BCUT2D eigenvalue weighted by Crippen LogP contribution is 2.39. The Morgan fingerprint density at radius 3 is 2.33 bits per heavy atom. The number of aliphatic hydroxyl groups excluding tert-OH is 1. The number of amides is 1. The first kappa shape index (κ1) is 24.5. The van der Waals surface area contributed by atoms with Crippen molar-refractivity contribution in [2.75, 3.05) is 19.8 Å². The third-order valence-electron chi connectivity index (χ3n) is 5.32. The largest absolute Gasteiger partial charge is 0.507 e. The van der Waals surface area contributed by atoms with Crippen molar-refractivity contribution < 1.29 is 28.6 Å². The van der Waals surface area contributed by atoms with Gasteiger partial charge in [0.1, 0.15) is 17.3 Å². The molecule has 0 saturated carbocycles. The van der Waals surface area contributed by atoms with Crippen molar-refractivity contribution >= 4 is 17.4 Å². The van der Waals surface area contributed by atoms with Crippen molar-refractivity contribution in [2.24, 2.45) is 0 Å². The lowest BCUT2D eigenvalue weighted by Gasteiger charge is -2.25. The van der Waals surface area contributed by atoms with Crippen LogP contribution in [0.3, 0.4) is 0 Å². The Morgan fingerprint density at radius 2 is 1.73 bits per heavy atom. The molecule has 0 radical (unpaired) electrons. The highest BCUT2D eigenvalue weighted by molar-refractivity contribution is 6.46. The molecule has 2 aromatic carbocycles. The molecule has 3 rings (SSSR count). The van der Waals surface area contributed by atoms with E-state index in [1.54, 1.807) is 24.3 Å². The topological polar surface area (TPSA) is 76.1 Å². The Bertz CT molecular complexity index is 998. The summed E-state index contributed by atoms with van der Waals surface area (Å²) in [6.07, 6.45) is 1.44. The number of benzene rings is 2. The second-order valence-corrected chi connectivity index (χ2v) is 8.19. The van der Waals surface area contributed by atoms with Gasteiger partial charge in [0.25, 0.3) is 11.7 Å². The minimum Gasteiger partial charge on any atom is -0.507 e. The standard InChI is InChI=1S/C26H30FNO5/c1-4-15-33-21-12-8-19(9-13-21)24(29)22-23(18-6-10-20(27)11-7-18)28(26(31)25(22)30)14-5-16-32-17(2)3/h6-13,17,23,29H,4-5,14-16H2,1-3H3/b24-22-. The van der Waals surface area contributed by atoms with Crippen LogP contribution in [0.4, 0.5) is 4.39 Å². The first-order valence-corrected chi connectivity index (χ1v) is 11.2. The highest BCUT2D eigenvalue weighted by atomic mass is 19.1. The van der Waals surface area contributed by atoms with Crippen LogP contribution in [0.2, 0.25) is 0 Å².